The summed E-state index contributed by atoms with van der Waals surface area (Å²) in [5.74, 6) is -0.0228. The minimum Gasteiger partial charge on any atom is -0.466 e. The van der Waals surface area contributed by atoms with Crippen molar-refractivity contribution in [3.05, 3.63) is 11.6 Å². The van der Waals surface area contributed by atoms with Gasteiger partial charge in [-0.2, -0.15) is 0 Å². The van der Waals surface area contributed by atoms with Gasteiger partial charge in [-0.05, 0) is 110 Å². The molecule has 0 aromatic heterocycles. The van der Waals surface area contributed by atoms with Crippen LogP contribution in [-0.2, 0) is 19.1 Å². The summed E-state index contributed by atoms with van der Waals surface area (Å²) in [5, 5.41) is 19.9. The number of aliphatic hydroxyl groups excluding tert-OH is 2. The lowest BCUT2D eigenvalue weighted by Gasteiger charge is -2.24. The van der Waals surface area contributed by atoms with Gasteiger partial charge in [-0.3, -0.25) is 9.59 Å². The summed E-state index contributed by atoms with van der Waals surface area (Å²) < 4.78 is 11.6. The molecule has 7 nitrogen and oxygen atoms in total. The van der Waals surface area contributed by atoms with Gasteiger partial charge in [0, 0.05) is 12.8 Å². The van der Waals surface area contributed by atoms with E-state index >= 15 is 0 Å². The molecule has 0 aliphatic heterocycles. The molecule has 0 radical (unpaired) electrons. The van der Waals surface area contributed by atoms with E-state index in [1.165, 1.54) is 140 Å². The molecule has 0 heterocycles. The number of aliphatic hydroxyl groups is 2. The fraction of sp³-hybridized carbons (Fsp3) is 0.923. The first-order valence-electron chi connectivity index (χ1n) is 26.0. The normalized spacial score (nSPS) is 15.6. The van der Waals surface area contributed by atoms with Crippen molar-refractivity contribution in [1.82, 2.24) is 4.90 Å². The van der Waals surface area contributed by atoms with E-state index in [1.54, 1.807) is 0 Å². The van der Waals surface area contributed by atoms with Crippen molar-refractivity contribution in [2.45, 2.75) is 283 Å². The molecule has 0 spiro atoms. The smallest absolute Gasteiger partial charge is 0.306 e. The Hall–Kier alpha value is -1.44. The standard InChI is InChI=1S/C52H99NO6/c1-4-7-10-13-16-17-18-24-34-45-58-51(56)38-29-25-32-43-53(44-33-30-35-47-40-41-49(54)50(55)46-47)42-31-23-19-22-28-39-52(57)59-48(36-26-20-14-11-8-5-2)37-27-21-15-12-9-6-3/h46,48-50,54-55H,4-45H2,1-3H3. The third-order valence-electron chi connectivity index (χ3n) is 12.6. The van der Waals surface area contributed by atoms with E-state index < -0.39 is 12.2 Å². The Morgan fingerprint density at radius 1 is 0.559 bits per heavy atom. The predicted molar refractivity (Wildman–Crippen MR) is 250 cm³/mol. The minimum atomic E-state index is -0.713. The van der Waals surface area contributed by atoms with Crippen LogP contribution in [0.2, 0.25) is 0 Å². The van der Waals surface area contributed by atoms with E-state index in [9.17, 15) is 19.8 Å². The second-order valence-electron chi connectivity index (χ2n) is 18.3. The summed E-state index contributed by atoms with van der Waals surface area (Å²) in [4.78, 5) is 27.8. The molecule has 1 aliphatic rings. The fourth-order valence-electron chi connectivity index (χ4n) is 8.57. The van der Waals surface area contributed by atoms with Crippen LogP contribution >= 0.6 is 0 Å². The SMILES string of the molecule is CCCCCCCCCCCOC(=O)CCCCCN(CCCCCCCC(=O)OC(CCCCCCCC)CCCCCCCC)CCCCC1=CC(O)C(O)CC1. The van der Waals surface area contributed by atoms with Crippen molar-refractivity contribution in [2.24, 2.45) is 0 Å². The van der Waals surface area contributed by atoms with Gasteiger partial charge in [0.2, 0.25) is 0 Å². The van der Waals surface area contributed by atoms with Gasteiger partial charge < -0.3 is 24.6 Å². The van der Waals surface area contributed by atoms with Gasteiger partial charge in [-0.1, -0.05) is 174 Å². The Bertz CT molecular complexity index is 955. The van der Waals surface area contributed by atoms with Crippen LogP contribution in [-0.4, -0.2) is 71.6 Å². The van der Waals surface area contributed by atoms with Crippen LogP contribution in [0, 0.1) is 0 Å². The van der Waals surface area contributed by atoms with Crippen molar-refractivity contribution in [2.75, 3.05) is 26.2 Å². The Balaban J connectivity index is 2.35. The molecule has 0 fully saturated rings. The second kappa shape index (κ2) is 41.9. The number of allylic oxidation sites excluding steroid dienone is 1. The number of rotatable bonds is 44. The molecule has 59 heavy (non-hydrogen) atoms. The summed E-state index contributed by atoms with van der Waals surface area (Å²) in [6, 6.07) is 0. The molecule has 2 unspecified atom stereocenters. The summed E-state index contributed by atoms with van der Waals surface area (Å²) in [6.45, 7) is 10.6. The average molecular weight is 834 g/mol. The second-order valence-corrected chi connectivity index (χ2v) is 18.3. The Morgan fingerprint density at radius 2 is 0.983 bits per heavy atom. The highest BCUT2D eigenvalue weighted by molar-refractivity contribution is 5.69. The summed E-state index contributed by atoms with van der Waals surface area (Å²) in [5.41, 5.74) is 1.29. The van der Waals surface area contributed by atoms with Gasteiger partial charge in [0.1, 0.15) is 6.10 Å². The quantitative estimate of drug-likeness (QED) is 0.0358. The van der Waals surface area contributed by atoms with Gasteiger partial charge in [0.25, 0.3) is 0 Å². The number of carbonyl (C=O) groups is 2. The molecule has 0 saturated heterocycles. The van der Waals surface area contributed by atoms with Gasteiger partial charge in [-0.15, -0.1) is 0 Å². The molecular formula is C52H99NO6. The van der Waals surface area contributed by atoms with E-state index in [2.05, 4.69) is 25.7 Å². The zero-order chi connectivity index (χ0) is 42.9. The van der Waals surface area contributed by atoms with Crippen LogP contribution in [0.15, 0.2) is 11.6 Å². The number of unbranched alkanes of at least 4 members (excludes halogenated alkanes) is 25. The third-order valence-corrected chi connectivity index (χ3v) is 12.6. The molecule has 7 heteroatoms. The lowest BCUT2D eigenvalue weighted by Crippen LogP contribution is -2.28. The van der Waals surface area contributed by atoms with Crippen LogP contribution in [0.4, 0.5) is 0 Å². The van der Waals surface area contributed by atoms with Gasteiger partial charge in [-0.25, -0.2) is 0 Å². The first-order chi connectivity index (χ1) is 28.9. The van der Waals surface area contributed by atoms with E-state index in [-0.39, 0.29) is 18.0 Å². The van der Waals surface area contributed by atoms with Crippen LogP contribution < -0.4 is 0 Å². The molecule has 0 amide bonds. The van der Waals surface area contributed by atoms with Crippen molar-refractivity contribution in [3.8, 4) is 0 Å². The highest BCUT2D eigenvalue weighted by Crippen LogP contribution is 2.23. The predicted octanol–water partition coefficient (Wildman–Crippen LogP) is 14.3. The Morgan fingerprint density at radius 3 is 1.51 bits per heavy atom. The highest BCUT2D eigenvalue weighted by Gasteiger charge is 2.20. The first-order valence-corrected chi connectivity index (χ1v) is 26.0. The lowest BCUT2D eigenvalue weighted by atomic mass is 9.92. The summed E-state index contributed by atoms with van der Waals surface area (Å²) in [6.07, 6.45) is 43.9. The van der Waals surface area contributed by atoms with E-state index in [4.69, 9.17) is 9.47 Å². The number of nitrogens with zero attached hydrogens (tertiary/aromatic N) is 1. The zero-order valence-electron chi connectivity index (χ0n) is 39.5. The molecule has 0 aromatic carbocycles. The molecule has 0 bridgehead atoms. The highest BCUT2D eigenvalue weighted by atomic mass is 16.5. The maximum atomic E-state index is 12.9. The lowest BCUT2D eigenvalue weighted by molar-refractivity contribution is -0.150. The Kier molecular flexibility index (Phi) is 39.5. The average Bonchev–Trinajstić information content (AvgIpc) is 3.22. The number of hydrogen-bond donors (Lipinski definition) is 2. The van der Waals surface area contributed by atoms with Crippen LogP contribution in [0.1, 0.15) is 265 Å². The monoisotopic (exact) mass is 834 g/mol. The molecule has 0 aromatic rings. The molecule has 1 aliphatic carbocycles. The maximum absolute atomic E-state index is 12.9. The van der Waals surface area contributed by atoms with E-state index in [1.807, 2.05) is 6.08 Å². The van der Waals surface area contributed by atoms with Crippen LogP contribution in [0.5, 0.6) is 0 Å². The number of ether oxygens (including phenoxy) is 2. The number of esters is 2. The van der Waals surface area contributed by atoms with Gasteiger partial charge in [0.05, 0.1) is 18.8 Å². The van der Waals surface area contributed by atoms with Gasteiger partial charge in [0.15, 0.2) is 0 Å². The van der Waals surface area contributed by atoms with Crippen molar-refractivity contribution < 1.29 is 29.3 Å². The largest absolute Gasteiger partial charge is 0.466 e. The molecule has 2 N–H and O–H groups in total. The Labute approximate surface area is 366 Å². The van der Waals surface area contributed by atoms with E-state index in [0.717, 1.165) is 110 Å². The van der Waals surface area contributed by atoms with Crippen molar-refractivity contribution in [1.29, 1.82) is 0 Å². The van der Waals surface area contributed by atoms with Crippen LogP contribution in [0.3, 0.4) is 0 Å². The molecule has 348 valence electrons. The summed E-state index contributed by atoms with van der Waals surface area (Å²) in [7, 11) is 0. The maximum Gasteiger partial charge on any atom is 0.306 e. The molecule has 1 rings (SSSR count). The first kappa shape index (κ1) is 55.6. The van der Waals surface area contributed by atoms with Gasteiger partial charge >= 0.3 is 11.9 Å². The minimum absolute atomic E-state index is 0.0138. The van der Waals surface area contributed by atoms with Crippen molar-refractivity contribution >= 4 is 11.9 Å². The van der Waals surface area contributed by atoms with Crippen LogP contribution in [0.25, 0.3) is 0 Å². The topological polar surface area (TPSA) is 96.3 Å². The molecule has 2 atom stereocenters. The number of carbonyl (C=O) groups excluding carboxylic acids is 2. The molecular weight excluding hydrogens is 735 g/mol. The summed E-state index contributed by atoms with van der Waals surface area (Å²) >= 11 is 0. The fourth-order valence-corrected chi connectivity index (χ4v) is 8.57. The zero-order valence-corrected chi connectivity index (χ0v) is 39.5. The number of hydrogen-bond acceptors (Lipinski definition) is 7. The van der Waals surface area contributed by atoms with E-state index in [0.29, 0.717) is 25.9 Å². The van der Waals surface area contributed by atoms with Crippen molar-refractivity contribution in [3.63, 3.8) is 0 Å². The third kappa shape index (κ3) is 35.8. The molecule has 0 saturated carbocycles.